The predicted octanol–water partition coefficient (Wildman–Crippen LogP) is 2.73. The van der Waals surface area contributed by atoms with Crippen LogP contribution in [-0.2, 0) is 9.59 Å². The molecule has 2 aromatic rings. The van der Waals surface area contributed by atoms with Crippen LogP contribution in [0.4, 0.5) is 10.8 Å². The molecule has 1 aromatic heterocycles. The Hall–Kier alpha value is -2.48. The molecule has 1 aliphatic rings. The molecule has 1 saturated heterocycles. The lowest BCUT2D eigenvalue weighted by atomic mass is 10.2. The summed E-state index contributed by atoms with van der Waals surface area (Å²) in [6.07, 6.45) is 0.376. The fourth-order valence-corrected chi connectivity index (χ4v) is 3.69. The van der Waals surface area contributed by atoms with E-state index in [-0.39, 0.29) is 30.6 Å². The number of amides is 2. The fraction of sp³-hybridized carbons (Fsp3) is 0.474. The Balaban J connectivity index is 1.41. The van der Waals surface area contributed by atoms with Crippen molar-refractivity contribution in [3.63, 3.8) is 0 Å². The van der Waals surface area contributed by atoms with Gasteiger partial charge in [-0.2, -0.15) is 0 Å². The lowest BCUT2D eigenvalue weighted by Gasteiger charge is -2.36. The third-order valence-electron chi connectivity index (χ3n) is 4.50. The van der Waals surface area contributed by atoms with Crippen molar-refractivity contribution in [2.45, 2.75) is 32.6 Å². The minimum Gasteiger partial charge on any atom is -0.368 e. The molecular weight excluding hydrogens is 362 g/mol. The van der Waals surface area contributed by atoms with Gasteiger partial charge in [-0.3, -0.25) is 9.59 Å². The second-order valence-corrected chi connectivity index (χ2v) is 7.86. The van der Waals surface area contributed by atoms with Crippen molar-refractivity contribution < 1.29 is 9.59 Å². The smallest absolute Gasteiger partial charge is 0.226 e. The molecule has 3 rings (SSSR count). The molecule has 0 spiro atoms. The molecule has 144 valence electrons. The average Bonchev–Trinajstić information content (AvgIpc) is 3.16. The molecule has 0 saturated carbocycles. The summed E-state index contributed by atoms with van der Waals surface area (Å²) in [7, 11) is 0. The number of nitrogens with one attached hydrogen (secondary N) is 1. The maximum absolute atomic E-state index is 12.4. The van der Waals surface area contributed by atoms with Gasteiger partial charge >= 0.3 is 0 Å². The lowest BCUT2D eigenvalue weighted by molar-refractivity contribution is -0.133. The van der Waals surface area contributed by atoms with Crippen LogP contribution < -0.4 is 10.2 Å². The van der Waals surface area contributed by atoms with Gasteiger partial charge in [0, 0.05) is 50.6 Å². The van der Waals surface area contributed by atoms with E-state index in [0.29, 0.717) is 18.2 Å². The third-order valence-corrected chi connectivity index (χ3v) is 5.64. The maximum atomic E-state index is 12.4. The number of piperazine rings is 1. The normalized spacial score (nSPS) is 14.5. The topological polar surface area (TPSA) is 78.4 Å². The molecular formula is C19H25N5O2S. The summed E-state index contributed by atoms with van der Waals surface area (Å²) in [5.74, 6) is 0.111. The number of anilines is 2. The minimum absolute atomic E-state index is 0.0259. The van der Waals surface area contributed by atoms with Gasteiger partial charge in [0.15, 0.2) is 0 Å². The van der Waals surface area contributed by atoms with E-state index >= 15 is 0 Å². The molecule has 8 heteroatoms. The van der Waals surface area contributed by atoms with Crippen LogP contribution in [0.3, 0.4) is 0 Å². The Bertz CT molecular complexity index is 769. The van der Waals surface area contributed by atoms with E-state index in [1.807, 2.05) is 36.9 Å². The van der Waals surface area contributed by atoms with Crippen LogP contribution >= 0.6 is 11.3 Å². The van der Waals surface area contributed by atoms with E-state index in [2.05, 4.69) is 32.5 Å². The Kier molecular flexibility index (Phi) is 6.39. The highest BCUT2D eigenvalue weighted by Crippen LogP contribution is 2.22. The molecule has 0 radical (unpaired) electrons. The summed E-state index contributed by atoms with van der Waals surface area (Å²) in [4.78, 5) is 28.6. The Morgan fingerprint density at radius 2 is 1.78 bits per heavy atom. The number of rotatable bonds is 6. The van der Waals surface area contributed by atoms with Crippen molar-refractivity contribution in [1.82, 2.24) is 15.1 Å². The number of nitrogens with zero attached hydrogens (tertiary/aromatic N) is 4. The molecule has 27 heavy (non-hydrogen) atoms. The molecule has 7 nitrogen and oxygen atoms in total. The van der Waals surface area contributed by atoms with Crippen LogP contribution in [0.15, 0.2) is 30.3 Å². The molecule has 0 unspecified atom stereocenters. The number of aromatic nitrogens is 2. The van der Waals surface area contributed by atoms with Crippen LogP contribution in [0, 0.1) is 0 Å². The standard InChI is InChI=1S/C19H25N5O2S/c1-14(2)18-21-22-19(27-18)20-16(25)8-9-17(26)24-12-10-23(11-13-24)15-6-4-3-5-7-15/h3-7,14H,8-13H2,1-2H3,(H,20,22,25). The van der Waals surface area contributed by atoms with Gasteiger partial charge in [-0.25, -0.2) is 0 Å². The van der Waals surface area contributed by atoms with E-state index in [1.54, 1.807) is 0 Å². The van der Waals surface area contributed by atoms with Gasteiger partial charge < -0.3 is 15.1 Å². The van der Waals surface area contributed by atoms with Gasteiger partial charge in [-0.1, -0.05) is 43.4 Å². The first-order chi connectivity index (χ1) is 13.0. The zero-order valence-electron chi connectivity index (χ0n) is 15.7. The average molecular weight is 388 g/mol. The Labute approximate surface area is 163 Å². The van der Waals surface area contributed by atoms with Gasteiger partial charge in [0.05, 0.1) is 0 Å². The molecule has 2 heterocycles. The summed E-state index contributed by atoms with van der Waals surface area (Å²) in [6.45, 7) is 7.05. The Morgan fingerprint density at radius 3 is 2.41 bits per heavy atom. The van der Waals surface area contributed by atoms with Crippen LogP contribution in [-0.4, -0.2) is 53.1 Å². The highest BCUT2D eigenvalue weighted by molar-refractivity contribution is 7.15. The number of benzene rings is 1. The largest absolute Gasteiger partial charge is 0.368 e. The number of para-hydroxylation sites is 1. The number of hydrogen-bond donors (Lipinski definition) is 1. The predicted molar refractivity (Wildman–Crippen MR) is 107 cm³/mol. The summed E-state index contributed by atoms with van der Waals surface area (Å²) in [5.41, 5.74) is 1.18. The first-order valence-electron chi connectivity index (χ1n) is 9.24. The molecule has 0 aliphatic carbocycles. The summed E-state index contributed by atoms with van der Waals surface area (Å²) < 4.78 is 0. The van der Waals surface area contributed by atoms with Crippen LogP contribution in [0.5, 0.6) is 0 Å². The van der Waals surface area contributed by atoms with Gasteiger partial charge in [0.1, 0.15) is 5.01 Å². The van der Waals surface area contributed by atoms with E-state index in [4.69, 9.17) is 0 Å². The Morgan fingerprint density at radius 1 is 1.07 bits per heavy atom. The van der Waals surface area contributed by atoms with Crippen molar-refractivity contribution in [1.29, 1.82) is 0 Å². The first-order valence-corrected chi connectivity index (χ1v) is 10.1. The van der Waals surface area contributed by atoms with Crippen molar-refractivity contribution in [3.05, 3.63) is 35.3 Å². The van der Waals surface area contributed by atoms with Crippen LogP contribution in [0.2, 0.25) is 0 Å². The zero-order chi connectivity index (χ0) is 19.2. The van der Waals surface area contributed by atoms with E-state index in [1.165, 1.54) is 17.0 Å². The molecule has 1 fully saturated rings. The summed E-state index contributed by atoms with van der Waals surface area (Å²) >= 11 is 1.37. The van der Waals surface area contributed by atoms with Crippen molar-refractivity contribution in [2.24, 2.45) is 0 Å². The second kappa shape index (κ2) is 8.94. The highest BCUT2D eigenvalue weighted by atomic mass is 32.1. The molecule has 0 bridgehead atoms. The van der Waals surface area contributed by atoms with Gasteiger partial charge in [0.25, 0.3) is 0 Å². The quantitative estimate of drug-likeness (QED) is 0.825. The second-order valence-electron chi connectivity index (χ2n) is 6.85. The molecule has 1 aliphatic heterocycles. The van der Waals surface area contributed by atoms with Gasteiger partial charge in [0.2, 0.25) is 16.9 Å². The van der Waals surface area contributed by atoms with Gasteiger partial charge in [-0.15, -0.1) is 10.2 Å². The van der Waals surface area contributed by atoms with Crippen molar-refractivity contribution >= 4 is 34.0 Å². The summed E-state index contributed by atoms with van der Waals surface area (Å²) in [5, 5.41) is 12.1. The van der Waals surface area contributed by atoms with E-state index < -0.39 is 0 Å². The monoisotopic (exact) mass is 387 g/mol. The fourth-order valence-electron chi connectivity index (χ4n) is 2.93. The summed E-state index contributed by atoms with van der Waals surface area (Å²) in [6, 6.07) is 10.2. The van der Waals surface area contributed by atoms with Crippen LogP contribution in [0.1, 0.15) is 37.6 Å². The van der Waals surface area contributed by atoms with Crippen molar-refractivity contribution in [2.75, 3.05) is 36.4 Å². The highest BCUT2D eigenvalue weighted by Gasteiger charge is 2.21. The van der Waals surface area contributed by atoms with Gasteiger partial charge in [-0.05, 0) is 12.1 Å². The number of carbonyl (C=O) groups excluding carboxylic acids is 2. The number of carbonyl (C=O) groups is 2. The molecule has 2 amide bonds. The lowest BCUT2D eigenvalue weighted by Crippen LogP contribution is -2.48. The number of hydrogen-bond acceptors (Lipinski definition) is 6. The molecule has 0 atom stereocenters. The van der Waals surface area contributed by atoms with Crippen LogP contribution in [0.25, 0.3) is 0 Å². The van der Waals surface area contributed by atoms with E-state index in [9.17, 15) is 9.59 Å². The maximum Gasteiger partial charge on any atom is 0.226 e. The molecule has 1 N–H and O–H groups in total. The SMILES string of the molecule is CC(C)c1nnc(NC(=O)CCC(=O)N2CCN(c3ccccc3)CC2)s1. The zero-order valence-corrected chi connectivity index (χ0v) is 16.5. The van der Waals surface area contributed by atoms with Crippen molar-refractivity contribution in [3.8, 4) is 0 Å². The van der Waals surface area contributed by atoms with E-state index in [0.717, 1.165) is 18.1 Å². The molecule has 1 aromatic carbocycles. The minimum atomic E-state index is -0.197. The first kappa shape index (κ1) is 19.3. The third kappa shape index (κ3) is 5.26.